The molecule has 4 nitrogen and oxygen atoms in total. The molecule has 3 rings (SSSR count). The van der Waals surface area contributed by atoms with E-state index in [9.17, 15) is 18.0 Å². The predicted molar refractivity (Wildman–Crippen MR) is 80.3 cm³/mol. The number of hydrogen-bond acceptors (Lipinski definition) is 3. The minimum Gasteiger partial charge on any atom is -0.340 e. The standard InChI is InChI=1S/C16H14F3N3O/c17-16(18,19)11-2-1-3-12(8-11)21-14-7-6-13(9-20-14)22-15(23)10-4-5-10/h1-3,6-10H,4-5H2,(H,20,21)(H,22,23). The highest BCUT2D eigenvalue weighted by Crippen LogP contribution is 2.32. The molecule has 1 aliphatic rings. The summed E-state index contributed by atoms with van der Waals surface area (Å²) in [6.45, 7) is 0. The van der Waals surface area contributed by atoms with Gasteiger partial charge in [-0.05, 0) is 43.2 Å². The highest BCUT2D eigenvalue weighted by atomic mass is 19.4. The first-order valence-corrected chi connectivity index (χ1v) is 7.13. The molecule has 0 bridgehead atoms. The molecule has 2 aromatic rings. The Balaban J connectivity index is 1.67. The second-order valence-electron chi connectivity index (χ2n) is 5.40. The Morgan fingerprint density at radius 3 is 2.52 bits per heavy atom. The third-order valence-corrected chi connectivity index (χ3v) is 3.44. The molecule has 0 atom stereocenters. The summed E-state index contributed by atoms with van der Waals surface area (Å²) < 4.78 is 38.0. The Bertz CT molecular complexity index is 709. The Kier molecular flexibility index (Phi) is 3.94. The van der Waals surface area contributed by atoms with Gasteiger partial charge in [-0.15, -0.1) is 0 Å². The predicted octanol–water partition coefficient (Wildman–Crippen LogP) is 4.19. The topological polar surface area (TPSA) is 54.0 Å². The average Bonchev–Trinajstić information content (AvgIpc) is 3.33. The molecule has 1 saturated carbocycles. The van der Waals surface area contributed by atoms with Crippen LogP contribution in [0.25, 0.3) is 0 Å². The van der Waals surface area contributed by atoms with Crippen molar-refractivity contribution in [3.63, 3.8) is 0 Å². The Hall–Kier alpha value is -2.57. The zero-order chi connectivity index (χ0) is 16.4. The monoisotopic (exact) mass is 321 g/mol. The van der Waals surface area contributed by atoms with Gasteiger partial charge >= 0.3 is 6.18 Å². The van der Waals surface area contributed by atoms with Gasteiger partial charge < -0.3 is 10.6 Å². The van der Waals surface area contributed by atoms with E-state index in [0.29, 0.717) is 17.2 Å². The first-order valence-electron chi connectivity index (χ1n) is 7.13. The van der Waals surface area contributed by atoms with E-state index < -0.39 is 11.7 Å². The number of hydrogen-bond donors (Lipinski definition) is 2. The van der Waals surface area contributed by atoms with Crippen molar-refractivity contribution in [1.82, 2.24) is 4.98 Å². The molecule has 1 aromatic carbocycles. The number of halogens is 3. The zero-order valence-electron chi connectivity index (χ0n) is 12.0. The summed E-state index contributed by atoms with van der Waals surface area (Å²) in [5.74, 6) is 0.469. The van der Waals surface area contributed by atoms with Crippen LogP contribution in [-0.4, -0.2) is 10.9 Å². The fourth-order valence-corrected chi connectivity index (χ4v) is 2.05. The quantitative estimate of drug-likeness (QED) is 0.887. The van der Waals surface area contributed by atoms with Crippen LogP contribution in [0.1, 0.15) is 18.4 Å². The van der Waals surface area contributed by atoms with Crippen LogP contribution in [0.15, 0.2) is 42.6 Å². The van der Waals surface area contributed by atoms with Gasteiger partial charge in [-0.25, -0.2) is 4.98 Å². The molecule has 0 saturated heterocycles. The van der Waals surface area contributed by atoms with Crippen LogP contribution in [0.4, 0.5) is 30.4 Å². The molecule has 0 unspecified atom stereocenters. The number of anilines is 3. The fraction of sp³-hybridized carbons (Fsp3) is 0.250. The summed E-state index contributed by atoms with van der Waals surface area (Å²) in [5.41, 5.74) is 0.134. The Morgan fingerprint density at radius 2 is 1.91 bits per heavy atom. The van der Waals surface area contributed by atoms with Crippen molar-refractivity contribution in [2.75, 3.05) is 10.6 Å². The number of rotatable bonds is 4. The van der Waals surface area contributed by atoms with Crippen LogP contribution in [-0.2, 0) is 11.0 Å². The highest BCUT2D eigenvalue weighted by Gasteiger charge is 2.30. The van der Waals surface area contributed by atoms with Gasteiger partial charge in [0.05, 0.1) is 17.4 Å². The lowest BCUT2D eigenvalue weighted by atomic mass is 10.2. The maximum absolute atomic E-state index is 12.7. The molecular weight excluding hydrogens is 307 g/mol. The largest absolute Gasteiger partial charge is 0.416 e. The van der Waals surface area contributed by atoms with Crippen molar-refractivity contribution in [3.05, 3.63) is 48.2 Å². The number of carbonyl (C=O) groups excluding carboxylic acids is 1. The molecule has 1 heterocycles. The number of nitrogens with one attached hydrogen (secondary N) is 2. The third kappa shape index (κ3) is 4.00. The molecule has 0 spiro atoms. The lowest BCUT2D eigenvalue weighted by Gasteiger charge is -2.10. The maximum Gasteiger partial charge on any atom is 0.416 e. The van der Waals surface area contributed by atoms with Gasteiger partial charge in [0, 0.05) is 11.6 Å². The van der Waals surface area contributed by atoms with E-state index in [4.69, 9.17) is 0 Å². The van der Waals surface area contributed by atoms with E-state index in [1.54, 1.807) is 12.1 Å². The average molecular weight is 321 g/mol. The number of aromatic nitrogens is 1. The van der Waals surface area contributed by atoms with Crippen molar-refractivity contribution in [2.45, 2.75) is 19.0 Å². The highest BCUT2D eigenvalue weighted by molar-refractivity contribution is 5.93. The first kappa shape index (κ1) is 15.3. The molecule has 120 valence electrons. The molecule has 23 heavy (non-hydrogen) atoms. The summed E-state index contributed by atoms with van der Waals surface area (Å²) in [7, 11) is 0. The second-order valence-corrected chi connectivity index (χ2v) is 5.40. The van der Waals surface area contributed by atoms with Gasteiger partial charge in [0.2, 0.25) is 5.91 Å². The lowest BCUT2D eigenvalue weighted by molar-refractivity contribution is -0.137. The van der Waals surface area contributed by atoms with Crippen molar-refractivity contribution in [1.29, 1.82) is 0 Å². The van der Waals surface area contributed by atoms with Crippen LogP contribution in [0, 0.1) is 5.92 Å². The molecular formula is C16H14F3N3O. The van der Waals surface area contributed by atoms with Crippen LogP contribution < -0.4 is 10.6 Å². The maximum atomic E-state index is 12.7. The van der Waals surface area contributed by atoms with Crippen molar-refractivity contribution in [2.24, 2.45) is 5.92 Å². The third-order valence-electron chi connectivity index (χ3n) is 3.44. The van der Waals surface area contributed by atoms with E-state index in [2.05, 4.69) is 15.6 Å². The van der Waals surface area contributed by atoms with Crippen LogP contribution in [0.5, 0.6) is 0 Å². The van der Waals surface area contributed by atoms with E-state index in [0.717, 1.165) is 25.0 Å². The minimum atomic E-state index is -4.39. The van der Waals surface area contributed by atoms with Gasteiger partial charge in [0.25, 0.3) is 0 Å². The minimum absolute atomic E-state index is 0.0228. The number of pyridine rings is 1. The molecule has 1 amide bonds. The van der Waals surface area contributed by atoms with E-state index in [1.807, 2.05) is 0 Å². The van der Waals surface area contributed by atoms with Crippen LogP contribution in [0.2, 0.25) is 0 Å². The molecule has 1 fully saturated rings. The van der Waals surface area contributed by atoms with Crippen LogP contribution >= 0.6 is 0 Å². The Labute approximate surface area is 130 Å². The molecule has 0 aliphatic heterocycles. The molecule has 2 N–H and O–H groups in total. The van der Waals surface area contributed by atoms with Crippen molar-refractivity contribution in [3.8, 4) is 0 Å². The lowest BCUT2D eigenvalue weighted by Crippen LogP contribution is -2.13. The van der Waals surface area contributed by atoms with Crippen LogP contribution in [0.3, 0.4) is 0 Å². The van der Waals surface area contributed by atoms with Gasteiger partial charge in [-0.2, -0.15) is 13.2 Å². The normalized spacial score (nSPS) is 14.4. The number of amides is 1. The molecule has 1 aromatic heterocycles. The Morgan fingerprint density at radius 1 is 1.13 bits per heavy atom. The zero-order valence-corrected chi connectivity index (χ0v) is 12.0. The summed E-state index contributed by atoms with van der Waals surface area (Å²) in [5, 5.41) is 5.55. The summed E-state index contributed by atoms with van der Waals surface area (Å²) in [6.07, 6.45) is -1.10. The summed E-state index contributed by atoms with van der Waals surface area (Å²) in [4.78, 5) is 15.7. The molecule has 0 radical (unpaired) electrons. The fourth-order valence-electron chi connectivity index (χ4n) is 2.05. The van der Waals surface area contributed by atoms with Gasteiger partial charge in [0.1, 0.15) is 5.82 Å². The smallest absolute Gasteiger partial charge is 0.340 e. The van der Waals surface area contributed by atoms with E-state index in [-0.39, 0.29) is 11.8 Å². The summed E-state index contributed by atoms with van der Waals surface area (Å²) >= 11 is 0. The SMILES string of the molecule is O=C(Nc1ccc(Nc2cccc(C(F)(F)F)c2)nc1)C1CC1. The summed E-state index contributed by atoms with van der Waals surface area (Å²) in [6, 6.07) is 8.14. The van der Waals surface area contributed by atoms with E-state index in [1.165, 1.54) is 18.3 Å². The van der Waals surface area contributed by atoms with Gasteiger partial charge in [-0.1, -0.05) is 6.07 Å². The van der Waals surface area contributed by atoms with Crippen molar-refractivity contribution < 1.29 is 18.0 Å². The number of carbonyl (C=O) groups is 1. The number of alkyl halides is 3. The van der Waals surface area contributed by atoms with E-state index >= 15 is 0 Å². The van der Waals surface area contributed by atoms with Gasteiger partial charge in [-0.3, -0.25) is 4.79 Å². The number of nitrogens with zero attached hydrogens (tertiary/aromatic N) is 1. The molecule has 7 heteroatoms. The van der Waals surface area contributed by atoms with Crippen molar-refractivity contribution >= 4 is 23.1 Å². The molecule has 1 aliphatic carbocycles. The van der Waals surface area contributed by atoms with Gasteiger partial charge in [0.15, 0.2) is 0 Å². The first-order chi connectivity index (χ1) is 10.9. The second kappa shape index (κ2) is 5.91. The number of benzene rings is 1.